The number of imide groups is 1. The molecule has 4 N–H and O–H groups in total. The van der Waals surface area contributed by atoms with E-state index in [4.69, 9.17) is 19.9 Å². The Morgan fingerprint density at radius 1 is 0.845 bits per heavy atom. The van der Waals surface area contributed by atoms with E-state index in [0.717, 1.165) is 36.1 Å². The monoisotopic (exact) mass is 783 g/mol. The number of rotatable bonds is 7. The Kier molecular flexibility index (Phi) is 10.5. The minimum absolute atomic E-state index is 0.0471. The first-order valence-electron chi connectivity index (χ1n) is 19.7. The Morgan fingerprint density at radius 2 is 1.50 bits per heavy atom. The number of anilines is 1. The van der Waals surface area contributed by atoms with Crippen molar-refractivity contribution in [1.29, 1.82) is 0 Å². The summed E-state index contributed by atoms with van der Waals surface area (Å²) in [5.74, 6) is 2.04. The molecule has 0 bridgehead atoms. The van der Waals surface area contributed by atoms with Crippen molar-refractivity contribution in [3.8, 4) is 17.6 Å². The Labute approximate surface area is 336 Å². The number of hydrogen-bond donors (Lipinski definition) is 3. The Morgan fingerprint density at radius 3 is 2.14 bits per heavy atom. The molecule has 0 unspecified atom stereocenters. The lowest BCUT2D eigenvalue weighted by molar-refractivity contribution is -0.178. The number of fused-ring (bicyclic) bond motifs is 3. The molecule has 4 aromatic carbocycles. The normalized spacial score (nSPS) is 26.2. The van der Waals surface area contributed by atoms with Crippen LogP contribution in [0.5, 0.6) is 5.75 Å². The van der Waals surface area contributed by atoms with E-state index in [2.05, 4.69) is 11.8 Å². The van der Waals surface area contributed by atoms with Gasteiger partial charge in [-0.3, -0.25) is 19.3 Å². The molecular weight excluding hydrogens is 739 g/mol. The van der Waals surface area contributed by atoms with Gasteiger partial charge in [0.25, 0.3) is 0 Å². The quantitative estimate of drug-likeness (QED) is 0.0907. The lowest BCUT2D eigenvalue weighted by Crippen LogP contribution is -2.55. The first kappa shape index (κ1) is 38.9. The van der Waals surface area contributed by atoms with Crippen LogP contribution < -0.4 is 10.6 Å². The van der Waals surface area contributed by atoms with E-state index < -0.39 is 65.0 Å². The van der Waals surface area contributed by atoms with Crippen LogP contribution >= 0.6 is 0 Å². The fourth-order valence-electron chi connectivity index (χ4n) is 9.56. The third kappa shape index (κ3) is 6.59. The zero-order valence-corrected chi connectivity index (χ0v) is 32.1. The second-order valence-electron chi connectivity index (χ2n) is 15.4. The summed E-state index contributed by atoms with van der Waals surface area (Å²) in [4.78, 5) is 61.7. The lowest BCUT2D eigenvalue weighted by Gasteiger charge is -2.46. The maximum absolute atomic E-state index is 15.8. The van der Waals surface area contributed by atoms with Gasteiger partial charge in [-0.2, -0.15) is 0 Å². The number of esters is 1. The summed E-state index contributed by atoms with van der Waals surface area (Å²) in [7, 11) is 1.45. The summed E-state index contributed by atoms with van der Waals surface area (Å²) in [6.07, 6.45) is 2.81. The zero-order valence-electron chi connectivity index (χ0n) is 32.1. The number of aromatic hydroxyl groups is 1. The standard InChI is InChI=1S/C46H45N3O9/c1-56-26-27-57-44(54)48-35-21-16-29(22-25-45(55)23-10-2-3-11-24-45)28-34(35)46(43(48)53)36(41(47)51)38-42(52)58-39(31-14-8-5-9-15-31)37(30-12-6-4-7-13-30)49(38)40(46)32-17-19-33(50)20-18-32/h4-9,12-21,28,36-40,50,55H,2-3,10-11,23-24,26-27H2,1H3,(H2,47,51)/t36-,37-,38-,39+,40+,46-/m1/s1. The van der Waals surface area contributed by atoms with Gasteiger partial charge in [0.05, 0.1) is 30.3 Å². The van der Waals surface area contributed by atoms with Gasteiger partial charge in [0, 0.05) is 12.7 Å². The van der Waals surface area contributed by atoms with Gasteiger partial charge in [-0.15, -0.1) is 0 Å². The van der Waals surface area contributed by atoms with Crippen LogP contribution in [-0.2, 0) is 34.0 Å². The highest BCUT2D eigenvalue weighted by Crippen LogP contribution is 2.65. The van der Waals surface area contributed by atoms with E-state index >= 15 is 4.79 Å². The number of primary amides is 1. The molecular formula is C46H45N3O9. The second-order valence-corrected chi connectivity index (χ2v) is 15.4. The Balaban J connectivity index is 1.41. The molecule has 4 aliphatic rings. The molecule has 2 saturated heterocycles. The third-order valence-corrected chi connectivity index (χ3v) is 12.0. The highest BCUT2D eigenvalue weighted by Gasteiger charge is 2.75. The maximum Gasteiger partial charge on any atom is 0.421 e. The van der Waals surface area contributed by atoms with Gasteiger partial charge in [0.15, 0.2) is 0 Å². The molecule has 3 fully saturated rings. The van der Waals surface area contributed by atoms with E-state index in [9.17, 15) is 24.6 Å². The summed E-state index contributed by atoms with van der Waals surface area (Å²) < 4.78 is 17.0. The summed E-state index contributed by atoms with van der Waals surface area (Å²) in [5, 5.41) is 22.0. The average molecular weight is 784 g/mol. The van der Waals surface area contributed by atoms with Crippen molar-refractivity contribution in [1.82, 2.24) is 4.90 Å². The maximum atomic E-state index is 15.8. The number of phenolic OH excluding ortho intramolecular Hbond substituents is 1. The number of ether oxygens (including phenoxy) is 3. The van der Waals surface area contributed by atoms with Crippen molar-refractivity contribution < 1.29 is 43.6 Å². The fourth-order valence-corrected chi connectivity index (χ4v) is 9.56. The van der Waals surface area contributed by atoms with E-state index in [1.54, 1.807) is 30.3 Å². The van der Waals surface area contributed by atoms with E-state index in [1.165, 1.54) is 19.2 Å². The molecule has 12 heteroatoms. The predicted molar refractivity (Wildman–Crippen MR) is 212 cm³/mol. The number of nitrogens with zero attached hydrogens (tertiary/aromatic N) is 2. The number of phenols is 1. The fraction of sp³-hybridized carbons (Fsp3) is 0.348. The van der Waals surface area contributed by atoms with Gasteiger partial charge >= 0.3 is 12.1 Å². The number of carbonyl (C=O) groups excluding carboxylic acids is 4. The number of benzene rings is 4. The Bertz CT molecular complexity index is 2260. The zero-order chi connectivity index (χ0) is 40.6. The number of hydrogen-bond acceptors (Lipinski definition) is 10. The first-order valence-corrected chi connectivity index (χ1v) is 19.7. The summed E-state index contributed by atoms with van der Waals surface area (Å²) in [6, 6.07) is 26.3. The van der Waals surface area contributed by atoms with Crippen molar-refractivity contribution in [2.45, 2.75) is 73.8 Å². The molecule has 3 amide bonds. The van der Waals surface area contributed by atoms with Crippen LogP contribution in [0.25, 0.3) is 0 Å². The number of aliphatic hydroxyl groups is 1. The molecule has 58 heavy (non-hydrogen) atoms. The van der Waals surface area contributed by atoms with E-state index in [1.807, 2.05) is 65.6 Å². The average Bonchev–Trinajstić information content (AvgIpc) is 3.57. The number of cyclic esters (lactones) is 1. The lowest BCUT2D eigenvalue weighted by atomic mass is 9.65. The molecule has 0 aromatic heterocycles. The smallest absolute Gasteiger partial charge is 0.421 e. The van der Waals surface area contributed by atoms with E-state index in [-0.39, 0.29) is 30.2 Å². The molecule has 8 rings (SSSR count). The molecule has 3 heterocycles. The first-order chi connectivity index (χ1) is 28.1. The predicted octanol–water partition coefficient (Wildman–Crippen LogP) is 5.76. The van der Waals surface area contributed by atoms with Crippen LogP contribution in [0.1, 0.15) is 84.5 Å². The van der Waals surface area contributed by atoms with Crippen molar-refractivity contribution in [3.05, 3.63) is 131 Å². The molecule has 1 aliphatic carbocycles. The number of carbonyl (C=O) groups is 4. The molecule has 4 aromatic rings. The Hall–Kier alpha value is -6.00. The summed E-state index contributed by atoms with van der Waals surface area (Å²) in [6.45, 7) is -0.106. The van der Waals surface area contributed by atoms with Gasteiger partial charge in [-0.25, -0.2) is 9.69 Å². The van der Waals surface area contributed by atoms with Crippen LogP contribution in [-0.4, -0.2) is 71.0 Å². The van der Waals surface area contributed by atoms with Crippen molar-refractivity contribution in [3.63, 3.8) is 0 Å². The van der Waals surface area contributed by atoms with Crippen LogP contribution in [0.3, 0.4) is 0 Å². The SMILES string of the molecule is COCCOC(=O)N1C(=O)[C@@]2(c3cc(C#CC4(O)CCCCCC4)ccc31)[C@H](c1ccc(O)cc1)N1[C@H](c3ccccc3)[C@H](c3ccccc3)OC(=O)[C@H]1[C@@H]2C(N)=O. The molecule has 1 spiro atoms. The van der Waals surface area contributed by atoms with Gasteiger partial charge < -0.3 is 30.2 Å². The molecule has 12 nitrogen and oxygen atoms in total. The molecule has 298 valence electrons. The molecule has 6 atom stereocenters. The van der Waals surface area contributed by atoms with Crippen LogP contribution in [0.15, 0.2) is 103 Å². The van der Waals surface area contributed by atoms with Gasteiger partial charge in [-0.05, 0) is 78.3 Å². The van der Waals surface area contributed by atoms with Crippen LogP contribution in [0.4, 0.5) is 10.5 Å². The molecule has 3 aliphatic heterocycles. The number of morpholine rings is 1. The van der Waals surface area contributed by atoms with Crippen molar-refractivity contribution in [2.24, 2.45) is 11.7 Å². The number of methoxy groups -OCH3 is 1. The largest absolute Gasteiger partial charge is 0.508 e. The van der Waals surface area contributed by atoms with Crippen molar-refractivity contribution in [2.75, 3.05) is 25.2 Å². The van der Waals surface area contributed by atoms with E-state index in [0.29, 0.717) is 29.5 Å². The molecule has 1 saturated carbocycles. The highest BCUT2D eigenvalue weighted by molar-refractivity contribution is 6.23. The van der Waals surface area contributed by atoms with Crippen LogP contribution in [0.2, 0.25) is 0 Å². The summed E-state index contributed by atoms with van der Waals surface area (Å²) in [5.41, 5.74) is 5.80. The second kappa shape index (κ2) is 15.7. The van der Waals surface area contributed by atoms with Gasteiger partial charge in [0.2, 0.25) is 11.8 Å². The van der Waals surface area contributed by atoms with Crippen LogP contribution in [0, 0.1) is 17.8 Å². The van der Waals surface area contributed by atoms with Crippen molar-refractivity contribution >= 4 is 29.6 Å². The van der Waals surface area contributed by atoms with Gasteiger partial charge in [-0.1, -0.05) is 97.5 Å². The highest BCUT2D eigenvalue weighted by atomic mass is 16.6. The van der Waals surface area contributed by atoms with Gasteiger partial charge in [0.1, 0.15) is 35.5 Å². The molecule has 0 radical (unpaired) electrons. The minimum atomic E-state index is -2.04. The number of amides is 3. The minimum Gasteiger partial charge on any atom is -0.508 e. The summed E-state index contributed by atoms with van der Waals surface area (Å²) >= 11 is 0. The third-order valence-electron chi connectivity index (χ3n) is 12.0. The topological polar surface area (TPSA) is 169 Å². The number of nitrogens with two attached hydrogens (primary N) is 1.